The molecular formula is C23H28ClN3OS2. The number of thiocarbonyl (C=S) groups is 1. The number of hydrogen-bond acceptors (Lipinski definition) is 3. The average molecular weight is 462 g/mol. The zero-order chi connectivity index (χ0) is 21.2. The predicted octanol–water partition coefficient (Wildman–Crippen LogP) is 4.52. The highest BCUT2D eigenvalue weighted by molar-refractivity contribution is 7.99. The van der Waals surface area contributed by atoms with Crippen LogP contribution in [0, 0.1) is 0 Å². The van der Waals surface area contributed by atoms with Crippen LogP contribution in [0.3, 0.4) is 0 Å². The summed E-state index contributed by atoms with van der Waals surface area (Å²) in [5.74, 6) is 1.08. The molecule has 0 radical (unpaired) electrons. The van der Waals surface area contributed by atoms with Crippen LogP contribution in [0.15, 0.2) is 59.5 Å². The zero-order valence-electron chi connectivity index (χ0n) is 17.0. The molecule has 1 heterocycles. The van der Waals surface area contributed by atoms with Crippen molar-refractivity contribution in [3.05, 3.63) is 65.2 Å². The number of hydrogen-bond donors (Lipinski definition) is 2. The van der Waals surface area contributed by atoms with E-state index in [1.165, 1.54) is 10.5 Å². The number of thioether (sulfide) groups is 1. The van der Waals surface area contributed by atoms with Gasteiger partial charge in [-0.15, -0.1) is 11.8 Å². The van der Waals surface area contributed by atoms with E-state index in [-0.39, 0.29) is 11.9 Å². The molecule has 30 heavy (non-hydrogen) atoms. The Morgan fingerprint density at radius 2 is 1.80 bits per heavy atom. The summed E-state index contributed by atoms with van der Waals surface area (Å²) >= 11 is 13.2. The summed E-state index contributed by atoms with van der Waals surface area (Å²) in [5.41, 5.74) is 1.20. The lowest BCUT2D eigenvalue weighted by atomic mass is 10.0. The smallest absolute Gasteiger partial charge is 0.220 e. The molecule has 0 aromatic heterocycles. The van der Waals surface area contributed by atoms with Gasteiger partial charge in [0.15, 0.2) is 5.11 Å². The number of benzene rings is 2. The van der Waals surface area contributed by atoms with Crippen LogP contribution >= 0.6 is 35.6 Å². The van der Waals surface area contributed by atoms with Gasteiger partial charge in [-0.2, -0.15) is 0 Å². The summed E-state index contributed by atoms with van der Waals surface area (Å²) in [4.78, 5) is 15.6. The molecule has 7 heteroatoms. The first-order chi connectivity index (χ1) is 14.6. The molecule has 2 N–H and O–H groups in total. The largest absolute Gasteiger partial charge is 0.362 e. The molecule has 4 nitrogen and oxygen atoms in total. The minimum Gasteiger partial charge on any atom is -0.362 e. The van der Waals surface area contributed by atoms with Crippen molar-refractivity contribution in [2.45, 2.75) is 36.6 Å². The first-order valence-corrected chi connectivity index (χ1v) is 12.1. The van der Waals surface area contributed by atoms with Gasteiger partial charge >= 0.3 is 0 Å². The van der Waals surface area contributed by atoms with Crippen LogP contribution in [-0.4, -0.2) is 47.3 Å². The number of piperidine rings is 1. The second kappa shape index (κ2) is 12.2. The Hall–Kier alpha value is -1.76. The zero-order valence-corrected chi connectivity index (χ0v) is 19.4. The van der Waals surface area contributed by atoms with Crippen molar-refractivity contribution in [1.82, 2.24) is 15.5 Å². The van der Waals surface area contributed by atoms with Crippen molar-refractivity contribution in [2.24, 2.45) is 0 Å². The van der Waals surface area contributed by atoms with Gasteiger partial charge < -0.3 is 15.5 Å². The summed E-state index contributed by atoms with van der Waals surface area (Å²) in [6.07, 6.45) is 3.18. The molecule has 0 unspecified atom stereocenters. The summed E-state index contributed by atoms with van der Waals surface area (Å²) in [6.45, 7) is 2.57. The number of nitrogens with zero attached hydrogens (tertiary/aromatic N) is 1. The van der Waals surface area contributed by atoms with Crippen molar-refractivity contribution < 1.29 is 4.79 Å². The Labute approximate surface area is 193 Å². The summed E-state index contributed by atoms with van der Waals surface area (Å²) in [7, 11) is 0. The van der Waals surface area contributed by atoms with Gasteiger partial charge in [0.25, 0.3) is 0 Å². The number of rotatable bonds is 8. The molecule has 0 aliphatic carbocycles. The first kappa shape index (κ1) is 22.9. The standard InChI is InChI=1S/C23H28ClN3OS2/c24-19-7-9-21(10-8-19)30-17-14-25-23(29)27-15-12-20(13-16-27)26-22(28)11-6-18-4-2-1-3-5-18/h1-5,7-10,20H,6,11-17H2,(H,25,29)(H,26,28). The molecule has 1 saturated heterocycles. The van der Waals surface area contributed by atoms with E-state index in [4.69, 9.17) is 23.8 Å². The fraction of sp³-hybridized carbons (Fsp3) is 0.391. The number of halogens is 1. The summed E-state index contributed by atoms with van der Waals surface area (Å²) in [6, 6.07) is 18.3. The van der Waals surface area contributed by atoms with Crippen LogP contribution in [0.5, 0.6) is 0 Å². The number of carbonyl (C=O) groups is 1. The maximum absolute atomic E-state index is 12.2. The van der Waals surface area contributed by atoms with E-state index in [9.17, 15) is 4.79 Å². The lowest BCUT2D eigenvalue weighted by molar-refractivity contribution is -0.122. The van der Waals surface area contributed by atoms with Gasteiger partial charge in [-0.25, -0.2) is 0 Å². The van der Waals surface area contributed by atoms with E-state index in [1.54, 1.807) is 11.8 Å². The topological polar surface area (TPSA) is 44.4 Å². The molecule has 1 fully saturated rings. The summed E-state index contributed by atoms with van der Waals surface area (Å²) < 4.78 is 0. The van der Waals surface area contributed by atoms with Crippen LogP contribution in [-0.2, 0) is 11.2 Å². The Balaban J connectivity index is 1.28. The lowest BCUT2D eigenvalue weighted by Crippen LogP contribution is -2.49. The van der Waals surface area contributed by atoms with E-state index in [0.29, 0.717) is 6.42 Å². The highest BCUT2D eigenvalue weighted by Gasteiger charge is 2.21. The number of aryl methyl sites for hydroxylation is 1. The molecule has 0 spiro atoms. The Morgan fingerprint density at radius 3 is 2.50 bits per heavy atom. The lowest BCUT2D eigenvalue weighted by Gasteiger charge is -2.34. The first-order valence-electron chi connectivity index (χ1n) is 10.3. The molecular weight excluding hydrogens is 434 g/mol. The van der Waals surface area contributed by atoms with E-state index < -0.39 is 0 Å². The van der Waals surface area contributed by atoms with Crippen LogP contribution < -0.4 is 10.6 Å². The fourth-order valence-corrected chi connectivity index (χ4v) is 4.58. The van der Waals surface area contributed by atoms with Crippen LogP contribution in [0.25, 0.3) is 0 Å². The van der Waals surface area contributed by atoms with Gasteiger partial charge in [0, 0.05) is 47.8 Å². The normalized spacial score (nSPS) is 14.4. The second-order valence-electron chi connectivity index (χ2n) is 7.35. The van der Waals surface area contributed by atoms with Gasteiger partial charge in [0.1, 0.15) is 0 Å². The average Bonchev–Trinajstić information content (AvgIpc) is 2.77. The van der Waals surface area contributed by atoms with Gasteiger partial charge in [0.2, 0.25) is 5.91 Å². The highest BCUT2D eigenvalue weighted by Crippen LogP contribution is 2.19. The van der Waals surface area contributed by atoms with Crippen LogP contribution in [0.1, 0.15) is 24.8 Å². The van der Waals surface area contributed by atoms with Gasteiger partial charge in [-0.05, 0) is 61.3 Å². The van der Waals surface area contributed by atoms with Gasteiger partial charge in [-0.3, -0.25) is 4.79 Å². The van der Waals surface area contributed by atoms with E-state index in [1.807, 2.05) is 42.5 Å². The number of likely N-dealkylation sites (tertiary alicyclic amines) is 1. The predicted molar refractivity (Wildman–Crippen MR) is 130 cm³/mol. The minimum absolute atomic E-state index is 0.136. The maximum atomic E-state index is 12.2. The third-order valence-electron chi connectivity index (χ3n) is 5.09. The molecule has 2 aromatic rings. The Morgan fingerprint density at radius 1 is 1.10 bits per heavy atom. The number of carbonyl (C=O) groups excluding carboxylic acids is 1. The molecule has 1 aliphatic heterocycles. The number of amides is 1. The van der Waals surface area contributed by atoms with Gasteiger partial charge in [-0.1, -0.05) is 41.9 Å². The third-order valence-corrected chi connectivity index (χ3v) is 6.76. The third kappa shape index (κ3) is 7.82. The molecule has 3 rings (SSSR count). The van der Waals surface area contributed by atoms with E-state index in [0.717, 1.165) is 54.8 Å². The molecule has 0 saturated carbocycles. The minimum atomic E-state index is 0.136. The van der Waals surface area contributed by atoms with Crippen LogP contribution in [0.2, 0.25) is 5.02 Å². The summed E-state index contributed by atoms with van der Waals surface area (Å²) in [5, 5.41) is 8.10. The number of nitrogens with one attached hydrogen (secondary N) is 2. The Kier molecular flexibility index (Phi) is 9.30. The molecule has 0 atom stereocenters. The maximum Gasteiger partial charge on any atom is 0.220 e. The molecule has 2 aromatic carbocycles. The quantitative estimate of drug-likeness (QED) is 0.344. The van der Waals surface area contributed by atoms with Gasteiger partial charge in [0.05, 0.1) is 0 Å². The molecule has 160 valence electrons. The Bertz CT molecular complexity index is 809. The highest BCUT2D eigenvalue weighted by atomic mass is 35.5. The molecule has 1 amide bonds. The van der Waals surface area contributed by atoms with Crippen molar-refractivity contribution in [3.8, 4) is 0 Å². The van der Waals surface area contributed by atoms with Crippen molar-refractivity contribution >= 4 is 46.6 Å². The monoisotopic (exact) mass is 461 g/mol. The molecule has 1 aliphatic rings. The van der Waals surface area contributed by atoms with E-state index >= 15 is 0 Å². The van der Waals surface area contributed by atoms with Crippen LogP contribution in [0.4, 0.5) is 0 Å². The van der Waals surface area contributed by atoms with E-state index in [2.05, 4.69) is 27.7 Å². The fourth-order valence-electron chi connectivity index (χ4n) is 3.40. The van der Waals surface area contributed by atoms with Crippen molar-refractivity contribution in [2.75, 3.05) is 25.4 Å². The molecule has 0 bridgehead atoms. The SMILES string of the molecule is O=C(CCc1ccccc1)NC1CCN(C(=S)NCCSc2ccc(Cl)cc2)CC1. The van der Waals surface area contributed by atoms with Crippen molar-refractivity contribution in [3.63, 3.8) is 0 Å². The second-order valence-corrected chi connectivity index (χ2v) is 9.34. The van der Waals surface area contributed by atoms with Crippen molar-refractivity contribution in [1.29, 1.82) is 0 Å².